The maximum absolute atomic E-state index is 14.5. The molecule has 13 heteroatoms. The van der Waals surface area contributed by atoms with Crippen LogP contribution in [0, 0.1) is 25.2 Å². The molecule has 55 heavy (non-hydrogen) atoms. The minimum absolute atomic E-state index is 0.163. The highest BCUT2D eigenvalue weighted by Crippen LogP contribution is 2.39. The molecule has 2 saturated heterocycles. The lowest BCUT2D eigenvalue weighted by Gasteiger charge is -2.17. The SMILES string of the molecule is Cc1c(-c2nc3cc(COC(=O)[C@@H]4CCCN4)c(OC(F)F)cc3o2)cccc1-c1cccc(-c2nc3cc(CN4CCC(C)(F)C4)cc(C#N)c3o2)c1C. The molecular weight excluding hydrogens is 711 g/mol. The summed E-state index contributed by atoms with van der Waals surface area (Å²) >= 11 is 0. The van der Waals surface area contributed by atoms with Gasteiger partial charge in [-0.05, 0) is 105 Å². The van der Waals surface area contributed by atoms with E-state index < -0.39 is 24.3 Å². The van der Waals surface area contributed by atoms with Crippen LogP contribution < -0.4 is 10.1 Å². The zero-order valence-corrected chi connectivity index (χ0v) is 30.5. The van der Waals surface area contributed by atoms with E-state index >= 15 is 0 Å². The summed E-state index contributed by atoms with van der Waals surface area (Å²) < 4.78 is 63.9. The number of ether oxygens (including phenoxy) is 2. The third-order valence-corrected chi connectivity index (χ3v) is 10.5. The summed E-state index contributed by atoms with van der Waals surface area (Å²) in [6, 6.07) is 19.9. The lowest BCUT2D eigenvalue weighted by Crippen LogP contribution is -2.32. The second-order valence-electron chi connectivity index (χ2n) is 14.5. The van der Waals surface area contributed by atoms with Crippen molar-refractivity contribution in [1.82, 2.24) is 20.2 Å². The van der Waals surface area contributed by atoms with Crippen molar-refractivity contribution in [2.24, 2.45) is 0 Å². The molecule has 0 saturated carbocycles. The van der Waals surface area contributed by atoms with Gasteiger partial charge in [-0.1, -0.05) is 24.3 Å². The van der Waals surface area contributed by atoms with Crippen molar-refractivity contribution in [1.29, 1.82) is 5.26 Å². The van der Waals surface area contributed by atoms with E-state index in [0.717, 1.165) is 39.8 Å². The third-order valence-electron chi connectivity index (χ3n) is 10.5. The van der Waals surface area contributed by atoms with Crippen LogP contribution in [0.5, 0.6) is 5.75 Å². The van der Waals surface area contributed by atoms with Crippen LogP contribution in [-0.4, -0.2) is 58.8 Å². The first-order chi connectivity index (χ1) is 26.5. The molecule has 2 aliphatic heterocycles. The first-order valence-corrected chi connectivity index (χ1v) is 18.2. The Labute approximate surface area is 314 Å². The van der Waals surface area contributed by atoms with Crippen molar-refractivity contribution < 1.29 is 36.3 Å². The van der Waals surface area contributed by atoms with Gasteiger partial charge in [-0.25, -0.2) is 14.4 Å². The van der Waals surface area contributed by atoms with Crippen LogP contribution in [0.15, 0.2) is 69.5 Å². The highest BCUT2D eigenvalue weighted by Gasteiger charge is 2.33. The molecule has 10 nitrogen and oxygen atoms in total. The molecule has 8 rings (SSSR count). The van der Waals surface area contributed by atoms with Gasteiger partial charge in [0.1, 0.15) is 41.2 Å². The molecular formula is C42H38F3N5O5. The lowest BCUT2D eigenvalue weighted by molar-refractivity contribution is -0.147. The molecule has 1 unspecified atom stereocenters. The molecule has 0 radical (unpaired) electrons. The summed E-state index contributed by atoms with van der Waals surface area (Å²) in [7, 11) is 0. The predicted molar refractivity (Wildman–Crippen MR) is 199 cm³/mol. The molecule has 2 aromatic heterocycles. The van der Waals surface area contributed by atoms with E-state index in [1.165, 1.54) is 12.1 Å². The van der Waals surface area contributed by atoms with Gasteiger partial charge in [-0.2, -0.15) is 14.0 Å². The normalized spacial score (nSPS) is 18.8. The van der Waals surface area contributed by atoms with Gasteiger partial charge in [0.15, 0.2) is 11.2 Å². The number of alkyl halides is 3. The molecule has 0 aliphatic carbocycles. The maximum Gasteiger partial charge on any atom is 0.387 e. The molecule has 4 heterocycles. The number of carbonyl (C=O) groups excluding carboxylic acids is 1. The number of hydrogen-bond donors (Lipinski definition) is 1. The number of esters is 1. The fraction of sp³-hybridized carbons (Fsp3) is 0.333. The van der Waals surface area contributed by atoms with Gasteiger partial charge in [-0.15, -0.1) is 0 Å². The second-order valence-corrected chi connectivity index (χ2v) is 14.5. The number of hydrogen-bond acceptors (Lipinski definition) is 10. The molecule has 2 fully saturated rings. The van der Waals surface area contributed by atoms with Crippen LogP contribution in [0.25, 0.3) is 56.2 Å². The number of nitrogens with one attached hydrogen (secondary N) is 1. The molecule has 0 amide bonds. The Hall–Kier alpha value is -5.71. The molecule has 2 aliphatic rings. The Balaban J connectivity index is 1.10. The van der Waals surface area contributed by atoms with Crippen molar-refractivity contribution in [2.75, 3.05) is 19.6 Å². The summed E-state index contributed by atoms with van der Waals surface area (Å²) in [6.07, 6.45) is 1.98. The molecule has 6 aromatic rings. The summed E-state index contributed by atoms with van der Waals surface area (Å²) in [4.78, 5) is 24.1. The van der Waals surface area contributed by atoms with E-state index in [4.69, 9.17) is 28.3 Å². The first kappa shape index (κ1) is 36.3. The van der Waals surface area contributed by atoms with Gasteiger partial charge >= 0.3 is 12.6 Å². The number of carbonyl (C=O) groups is 1. The zero-order chi connectivity index (χ0) is 38.4. The Morgan fingerprint density at radius 2 is 1.71 bits per heavy atom. The number of nitriles is 1. The van der Waals surface area contributed by atoms with Gasteiger partial charge in [0.2, 0.25) is 11.8 Å². The van der Waals surface area contributed by atoms with Crippen molar-refractivity contribution >= 4 is 28.2 Å². The van der Waals surface area contributed by atoms with E-state index in [1.54, 1.807) is 13.0 Å². The number of oxazole rings is 2. The van der Waals surface area contributed by atoms with Crippen LogP contribution in [0.1, 0.15) is 54.0 Å². The average molecular weight is 750 g/mol. The number of rotatable bonds is 10. The van der Waals surface area contributed by atoms with Crippen LogP contribution in [-0.2, 0) is 22.7 Å². The van der Waals surface area contributed by atoms with Gasteiger partial charge in [-0.3, -0.25) is 9.69 Å². The van der Waals surface area contributed by atoms with Crippen molar-refractivity contribution in [2.45, 2.75) is 71.5 Å². The summed E-state index contributed by atoms with van der Waals surface area (Å²) in [5.41, 5.74) is 6.83. The topological polar surface area (TPSA) is 127 Å². The second kappa shape index (κ2) is 14.5. The minimum Gasteiger partial charge on any atom is -0.460 e. The summed E-state index contributed by atoms with van der Waals surface area (Å²) in [5, 5.41) is 13.1. The van der Waals surface area contributed by atoms with E-state index in [2.05, 4.69) is 11.4 Å². The largest absolute Gasteiger partial charge is 0.460 e. The minimum atomic E-state index is -3.10. The fourth-order valence-corrected chi connectivity index (χ4v) is 7.67. The molecule has 4 aromatic carbocycles. The number of nitrogens with zero attached hydrogens (tertiary/aromatic N) is 4. The summed E-state index contributed by atoms with van der Waals surface area (Å²) in [6.45, 7) is 4.39. The third kappa shape index (κ3) is 7.27. The molecule has 0 spiro atoms. The average Bonchev–Trinajstić information content (AvgIpc) is 3.97. The highest BCUT2D eigenvalue weighted by molar-refractivity contribution is 5.86. The van der Waals surface area contributed by atoms with E-state index in [-0.39, 0.29) is 29.4 Å². The number of aromatic nitrogens is 2. The Kier molecular flexibility index (Phi) is 9.57. The standard InChI is InChI=1S/C42H38F3N5O5/c1-23-28(7-4-9-30(23)38-48-33-17-27(21-52-40(51)32-11-6-13-47-32)35(54-41(43)44)18-36(33)53-38)29-8-5-10-31(24(29)2)39-49-34-16-25(15-26(19-46)37(34)55-39)20-50-14-12-42(3,45)22-50/h4-5,7-10,15-18,32,41,47H,6,11-14,20-22H2,1-3H3/t32-,42?/m0/s1. The van der Waals surface area contributed by atoms with Gasteiger partial charge < -0.3 is 23.6 Å². The lowest BCUT2D eigenvalue weighted by atomic mass is 9.91. The van der Waals surface area contributed by atoms with E-state index in [9.17, 15) is 23.2 Å². The van der Waals surface area contributed by atoms with Gasteiger partial charge in [0, 0.05) is 42.4 Å². The number of benzene rings is 4. The van der Waals surface area contributed by atoms with Crippen molar-refractivity contribution in [3.05, 3.63) is 88.5 Å². The number of halogens is 3. The van der Waals surface area contributed by atoms with Crippen LogP contribution in [0.4, 0.5) is 13.2 Å². The Morgan fingerprint density at radius 1 is 1.02 bits per heavy atom. The zero-order valence-electron chi connectivity index (χ0n) is 30.5. The molecule has 282 valence electrons. The maximum atomic E-state index is 14.5. The number of fused-ring (bicyclic) bond motifs is 2. The van der Waals surface area contributed by atoms with Crippen molar-refractivity contribution in [3.63, 3.8) is 0 Å². The first-order valence-electron chi connectivity index (χ1n) is 18.2. The monoisotopic (exact) mass is 749 g/mol. The Bertz CT molecular complexity index is 2480. The van der Waals surface area contributed by atoms with Crippen LogP contribution >= 0.6 is 0 Å². The van der Waals surface area contributed by atoms with E-state index in [0.29, 0.717) is 72.7 Å². The highest BCUT2D eigenvalue weighted by atomic mass is 19.3. The van der Waals surface area contributed by atoms with E-state index in [1.807, 2.05) is 61.2 Å². The molecule has 2 atom stereocenters. The fourth-order valence-electron chi connectivity index (χ4n) is 7.67. The van der Waals surface area contributed by atoms with Crippen molar-refractivity contribution in [3.8, 4) is 45.9 Å². The predicted octanol–water partition coefficient (Wildman–Crippen LogP) is 8.79. The quantitative estimate of drug-likeness (QED) is 0.136. The molecule has 1 N–H and O–H groups in total. The smallest absolute Gasteiger partial charge is 0.387 e. The van der Waals surface area contributed by atoms with Crippen LogP contribution in [0.2, 0.25) is 0 Å². The molecule has 0 bridgehead atoms. The summed E-state index contributed by atoms with van der Waals surface area (Å²) in [5.74, 6) is 0.0326. The Morgan fingerprint density at radius 3 is 2.35 bits per heavy atom. The number of likely N-dealkylation sites (tertiary alicyclic amines) is 1. The van der Waals surface area contributed by atoms with Gasteiger partial charge in [0.25, 0.3) is 0 Å². The van der Waals surface area contributed by atoms with Crippen LogP contribution in [0.3, 0.4) is 0 Å². The van der Waals surface area contributed by atoms with Gasteiger partial charge in [0.05, 0.1) is 5.56 Å².